The summed E-state index contributed by atoms with van der Waals surface area (Å²) < 4.78 is 0. The topological polar surface area (TPSA) is 82.1 Å². The van der Waals surface area contributed by atoms with Crippen LogP contribution in [0.5, 0.6) is 0 Å². The highest BCUT2D eigenvalue weighted by molar-refractivity contribution is 5.68. The lowest BCUT2D eigenvalue weighted by molar-refractivity contribution is 0.261. The van der Waals surface area contributed by atoms with Crippen LogP contribution in [0, 0.1) is 11.3 Å². The molecule has 0 radical (unpaired) electrons. The second-order valence-corrected chi connectivity index (χ2v) is 4.40. The fourth-order valence-corrected chi connectivity index (χ4v) is 1.45. The standard InChI is InChI=1S/C12H17N3O/c1-12(2,5-6-16)15-11-4-3-9(8-13)7-10(11)14/h3-4,7,15-16H,5-6,14H2,1-2H3. The summed E-state index contributed by atoms with van der Waals surface area (Å²) in [4.78, 5) is 0. The zero-order chi connectivity index (χ0) is 12.2. The van der Waals surface area contributed by atoms with Crippen LogP contribution in [0.1, 0.15) is 25.8 Å². The van der Waals surface area contributed by atoms with E-state index in [-0.39, 0.29) is 12.1 Å². The summed E-state index contributed by atoms with van der Waals surface area (Å²) in [6, 6.07) is 7.17. The van der Waals surface area contributed by atoms with Crippen molar-refractivity contribution >= 4 is 11.4 Å². The number of aliphatic hydroxyl groups is 1. The zero-order valence-corrected chi connectivity index (χ0v) is 9.62. The van der Waals surface area contributed by atoms with Crippen LogP contribution in [0.4, 0.5) is 11.4 Å². The minimum absolute atomic E-state index is 0.121. The van der Waals surface area contributed by atoms with Gasteiger partial charge in [-0.3, -0.25) is 0 Å². The van der Waals surface area contributed by atoms with Crippen LogP contribution in [0.2, 0.25) is 0 Å². The summed E-state index contributed by atoms with van der Waals surface area (Å²) in [5.74, 6) is 0. The Hall–Kier alpha value is -1.73. The van der Waals surface area contributed by atoms with E-state index in [0.29, 0.717) is 17.7 Å². The highest BCUT2D eigenvalue weighted by Gasteiger charge is 2.17. The van der Waals surface area contributed by atoms with Crippen molar-refractivity contribution in [1.82, 2.24) is 0 Å². The fraction of sp³-hybridized carbons (Fsp3) is 0.417. The Balaban J connectivity index is 2.86. The summed E-state index contributed by atoms with van der Waals surface area (Å²) in [6.45, 7) is 4.10. The van der Waals surface area contributed by atoms with E-state index in [9.17, 15) is 0 Å². The Bertz CT molecular complexity index is 407. The van der Waals surface area contributed by atoms with E-state index >= 15 is 0 Å². The number of nitrogens with two attached hydrogens (primary N) is 1. The van der Waals surface area contributed by atoms with Gasteiger partial charge in [-0.2, -0.15) is 5.26 Å². The zero-order valence-electron chi connectivity index (χ0n) is 9.62. The Kier molecular flexibility index (Phi) is 3.75. The quantitative estimate of drug-likeness (QED) is 0.673. The van der Waals surface area contributed by atoms with Gasteiger partial charge in [-0.25, -0.2) is 0 Å². The third kappa shape index (κ3) is 3.14. The van der Waals surface area contributed by atoms with E-state index < -0.39 is 0 Å². The maximum Gasteiger partial charge on any atom is 0.0992 e. The minimum atomic E-state index is -0.225. The second kappa shape index (κ2) is 4.86. The highest BCUT2D eigenvalue weighted by Crippen LogP contribution is 2.24. The lowest BCUT2D eigenvalue weighted by atomic mass is 10.0. The molecule has 0 aliphatic rings. The molecule has 0 aliphatic carbocycles. The number of aliphatic hydroxyl groups excluding tert-OH is 1. The predicted octanol–water partition coefficient (Wildman–Crippen LogP) is 1.71. The molecule has 4 nitrogen and oxygen atoms in total. The van der Waals surface area contributed by atoms with Crippen molar-refractivity contribution in [3.8, 4) is 6.07 Å². The van der Waals surface area contributed by atoms with Crippen LogP contribution in [0.15, 0.2) is 18.2 Å². The molecule has 0 spiro atoms. The van der Waals surface area contributed by atoms with Crippen molar-refractivity contribution in [1.29, 1.82) is 5.26 Å². The van der Waals surface area contributed by atoms with Crippen molar-refractivity contribution in [3.05, 3.63) is 23.8 Å². The van der Waals surface area contributed by atoms with E-state index in [0.717, 1.165) is 5.69 Å². The van der Waals surface area contributed by atoms with Crippen molar-refractivity contribution in [2.24, 2.45) is 0 Å². The average molecular weight is 219 g/mol. The van der Waals surface area contributed by atoms with Crippen molar-refractivity contribution in [2.75, 3.05) is 17.7 Å². The molecule has 0 saturated carbocycles. The van der Waals surface area contributed by atoms with Gasteiger partial charge in [-0.1, -0.05) is 0 Å². The summed E-state index contributed by atoms with van der Waals surface area (Å²) in [5.41, 5.74) is 7.48. The van der Waals surface area contributed by atoms with Crippen LogP contribution in [-0.2, 0) is 0 Å². The van der Waals surface area contributed by atoms with Gasteiger partial charge in [0.25, 0.3) is 0 Å². The first-order chi connectivity index (χ1) is 7.48. The minimum Gasteiger partial charge on any atom is -0.397 e. The first kappa shape index (κ1) is 12.3. The lowest BCUT2D eigenvalue weighted by Crippen LogP contribution is -2.32. The normalized spacial score (nSPS) is 10.9. The van der Waals surface area contributed by atoms with E-state index in [1.807, 2.05) is 19.9 Å². The van der Waals surface area contributed by atoms with Crippen molar-refractivity contribution in [3.63, 3.8) is 0 Å². The molecule has 0 saturated heterocycles. The second-order valence-electron chi connectivity index (χ2n) is 4.40. The number of anilines is 2. The molecule has 4 heteroatoms. The van der Waals surface area contributed by atoms with Gasteiger partial charge in [0.15, 0.2) is 0 Å². The Morgan fingerprint density at radius 2 is 2.19 bits per heavy atom. The van der Waals surface area contributed by atoms with Gasteiger partial charge in [-0.05, 0) is 38.5 Å². The largest absolute Gasteiger partial charge is 0.397 e. The molecule has 0 bridgehead atoms. The van der Waals surface area contributed by atoms with E-state index in [2.05, 4.69) is 5.32 Å². The molecule has 1 rings (SSSR count). The first-order valence-corrected chi connectivity index (χ1v) is 5.17. The van der Waals surface area contributed by atoms with E-state index in [4.69, 9.17) is 16.1 Å². The molecule has 1 aromatic rings. The third-order valence-corrected chi connectivity index (χ3v) is 2.39. The summed E-state index contributed by atoms with van der Waals surface area (Å²) in [7, 11) is 0. The summed E-state index contributed by atoms with van der Waals surface area (Å²) in [6.07, 6.45) is 0.631. The van der Waals surface area contributed by atoms with Gasteiger partial charge in [0, 0.05) is 12.1 Å². The average Bonchev–Trinajstić information content (AvgIpc) is 2.20. The predicted molar refractivity (Wildman–Crippen MR) is 65.0 cm³/mol. The van der Waals surface area contributed by atoms with Crippen LogP contribution >= 0.6 is 0 Å². The molecule has 86 valence electrons. The Morgan fingerprint density at radius 3 is 2.69 bits per heavy atom. The SMILES string of the molecule is CC(C)(CCO)Nc1ccc(C#N)cc1N. The number of benzene rings is 1. The molecule has 1 aromatic carbocycles. The molecular weight excluding hydrogens is 202 g/mol. The van der Waals surface area contributed by atoms with E-state index in [1.54, 1.807) is 18.2 Å². The Morgan fingerprint density at radius 1 is 1.50 bits per heavy atom. The third-order valence-electron chi connectivity index (χ3n) is 2.39. The molecule has 0 amide bonds. The smallest absolute Gasteiger partial charge is 0.0992 e. The summed E-state index contributed by atoms with van der Waals surface area (Å²) >= 11 is 0. The molecule has 0 unspecified atom stereocenters. The van der Waals surface area contributed by atoms with Gasteiger partial charge in [0.1, 0.15) is 0 Å². The number of hydrogen-bond acceptors (Lipinski definition) is 4. The number of nitriles is 1. The lowest BCUT2D eigenvalue weighted by Gasteiger charge is -2.27. The maximum absolute atomic E-state index is 8.92. The van der Waals surface area contributed by atoms with Crippen LogP contribution < -0.4 is 11.1 Å². The van der Waals surface area contributed by atoms with Gasteiger partial charge < -0.3 is 16.2 Å². The molecule has 0 atom stereocenters. The number of hydrogen-bond donors (Lipinski definition) is 3. The molecular formula is C12H17N3O. The molecule has 4 N–H and O–H groups in total. The number of nitrogens with one attached hydrogen (secondary N) is 1. The van der Waals surface area contributed by atoms with Gasteiger partial charge in [0.2, 0.25) is 0 Å². The number of rotatable bonds is 4. The highest BCUT2D eigenvalue weighted by atomic mass is 16.3. The Labute approximate surface area is 95.7 Å². The molecule has 0 heterocycles. The van der Waals surface area contributed by atoms with Crippen molar-refractivity contribution in [2.45, 2.75) is 25.8 Å². The fourth-order valence-electron chi connectivity index (χ4n) is 1.45. The van der Waals surface area contributed by atoms with Crippen LogP contribution in [-0.4, -0.2) is 17.3 Å². The first-order valence-electron chi connectivity index (χ1n) is 5.17. The van der Waals surface area contributed by atoms with Gasteiger partial charge >= 0.3 is 0 Å². The monoisotopic (exact) mass is 219 g/mol. The number of nitrogen functional groups attached to an aromatic ring is 1. The molecule has 0 fully saturated rings. The molecule has 0 aromatic heterocycles. The molecule has 0 aliphatic heterocycles. The summed E-state index contributed by atoms with van der Waals surface area (Å²) in [5, 5.41) is 20.9. The van der Waals surface area contributed by atoms with Crippen LogP contribution in [0.3, 0.4) is 0 Å². The van der Waals surface area contributed by atoms with E-state index in [1.165, 1.54) is 0 Å². The van der Waals surface area contributed by atoms with Crippen molar-refractivity contribution < 1.29 is 5.11 Å². The van der Waals surface area contributed by atoms with Crippen LogP contribution in [0.25, 0.3) is 0 Å². The van der Waals surface area contributed by atoms with Gasteiger partial charge in [-0.15, -0.1) is 0 Å². The van der Waals surface area contributed by atoms with Gasteiger partial charge in [0.05, 0.1) is 23.0 Å². The maximum atomic E-state index is 8.92. The number of nitrogens with zero attached hydrogens (tertiary/aromatic N) is 1. The molecule has 16 heavy (non-hydrogen) atoms.